The standard InChI is InChI=1S/C14H16F3NO5S/c1-13(2)8-23-6-5-18(13)24(21,22)9-3-4-10(12(19)20)11(7-9)14(15,16)17/h3-4,7H,5-6,8H2,1-2H3,(H,19,20). The summed E-state index contributed by atoms with van der Waals surface area (Å²) >= 11 is 0. The molecule has 0 amide bonds. The molecule has 1 aromatic rings. The SMILES string of the molecule is CC1(C)COCCN1S(=O)(=O)c1ccc(C(=O)O)c(C(F)(F)F)c1. The average molecular weight is 367 g/mol. The van der Waals surface area contributed by atoms with Crippen molar-refractivity contribution in [1.29, 1.82) is 0 Å². The number of hydrogen-bond acceptors (Lipinski definition) is 4. The number of morpholine rings is 1. The van der Waals surface area contributed by atoms with Crippen molar-refractivity contribution < 1.29 is 36.2 Å². The Balaban J connectivity index is 2.58. The van der Waals surface area contributed by atoms with Gasteiger partial charge in [-0.05, 0) is 32.0 Å². The van der Waals surface area contributed by atoms with Crippen molar-refractivity contribution in [3.63, 3.8) is 0 Å². The summed E-state index contributed by atoms with van der Waals surface area (Å²) in [5, 5.41) is 8.88. The molecule has 1 N–H and O–H groups in total. The second-order valence-corrected chi connectivity index (χ2v) is 7.81. The van der Waals surface area contributed by atoms with E-state index in [4.69, 9.17) is 9.84 Å². The molecule has 10 heteroatoms. The summed E-state index contributed by atoms with van der Waals surface area (Å²) in [4.78, 5) is 10.4. The highest BCUT2D eigenvalue weighted by Crippen LogP contribution is 2.35. The minimum Gasteiger partial charge on any atom is -0.478 e. The van der Waals surface area contributed by atoms with Crippen molar-refractivity contribution in [2.24, 2.45) is 0 Å². The number of sulfonamides is 1. The van der Waals surface area contributed by atoms with Crippen LogP contribution in [0, 0.1) is 0 Å². The molecule has 24 heavy (non-hydrogen) atoms. The number of rotatable bonds is 3. The summed E-state index contributed by atoms with van der Waals surface area (Å²) in [5.74, 6) is -1.78. The van der Waals surface area contributed by atoms with Crippen molar-refractivity contribution in [3.05, 3.63) is 29.3 Å². The lowest BCUT2D eigenvalue weighted by Crippen LogP contribution is -2.55. The number of carbonyl (C=O) groups is 1. The first kappa shape index (κ1) is 18.7. The maximum absolute atomic E-state index is 13.1. The van der Waals surface area contributed by atoms with E-state index in [1.807, 2.05) is 0 Å². The smallest absolute Gasteiger partial charge is 0.417 e. The summed E-state index contributed by atoms with van der Waals surface area (Å²) in [6, 6.07) is 1.90. The Labute approximate surface area is 136 Å². The number of carboxylic acid groups (broad SMARTS) is 1. The second kappa shape index (κ2) is 6.01. The van der Waals surface area contributed by atoms with E-state index in [0.29, 0.717) is 12.1 Å². The molecule has 1 aromatic carbocycles. The van der Waals surface area contributed by atoms with Crippen LogP contribution in [0.25, 0.3) is 0 Å². The highest BCUT2D eigenvalue weighted by Gasteiger charge is 2.42. The van der Waals surface area contributed by atoms with Crippen LogP contribution in [0.1, 0.15) is 29.8 Å². The van der Waals surface area contributed by atoms with Gasteiger partial charge in [-0.25, -0.2) is 13.2 Å². The molecular formula is C14H16F3NO5S. The van der Waals surface area contributed by atoms with Crippen LogP contribution in [-0.4, -0.2) is 49.1 Å². The van der Waals surface area contributed by atoms with Gasteiger partial charge in [0.05, 0.1) is 34.8 Å². The van der Waals surface area contributed by atoms with Gasteiger partial charge in [0.1, 0.15) is 0 Å². The number of aromatic carboxylic acids is 1. The van der Waals surface area contributed by atoms with E-state index in [0.717, 1.165) is 10.4 Å². The van der Waals surface area contributed by atoms with Gasteiger partial charge in [0.25, 0.3) is 0 Å². The van der Waals surface area contributed by atoms with E-state index in [9.17, 15) is 26.4 Å². The number of benzene rings is 1. The molecule has 1 aliphatic heterocycles. The molecule has 0 saturated carbocycles. The average Bonchev–Trinajstić information content (AvgIpc) is 2.44. The molecule has 0 radical (unpaired) electrons. The molecule has 0 unspecified atom stereocenters. The fourth-order valence-electron chi connectivity index (χ4n) is 2.52. The van der Waals surface area contributed by atoms with Crippen LogP contribution < -0.4 is 0 Å². The number of carboxylic acids is 1. The fourth-order valence-corrected chi connectivity index (χ4v) is 4.30. The summed E-state index contributed by atoms with van der Waals surface area (Å²) in [6.07, 6.45) is -4.99. The Morgan fingerprint density at radius 3 is 2.46 bits per heavy atom. The Hall–Kier alpha value is -1.65. The normalized spacial score (nSPS) is 19.2. The first-order chi connectivity index (χ1) is 10.9. The third kappa shape index (κ3) is 3.40. The number of alkyl halides is 3. The number of hydrogen-bond donors (Lipinski definition) is 1. The lowest BCUT2D eigenvalue weighted by Gasteiger charge is -2.40. The van der Waals surface area contributed by atoms with E-state index < -0.39 is 43.7 Å². The fraction of sp³-hybridized carbons (Fsp3) is 0.500. The summed E-state index contributed by atoms with van der Waals surface area (Å²) < 4.78 is 71.0. The van der Waals surface area contributed by atoms with Crippen LogP contribution in [0.5, 0.6) is 0 Å². The monoisotopic (exact) mass is 367 g/mol. The Kier molecular flexibility index (Phi) is 4.68. The molecule has 1 saturated heterocycles. The first-order valence-electron chi connectivity index (χ1n) is 6.92. The van der Waals surface area contributed by atoms with E-state index in [1.165, 1.54) is 0 Å². The Morgan fingerprint density at radius 2 is 1.96 bits per heavy atom. The van der Waals surface area contributed by atoms with Crippen molar-refractivity contribution in [2.45, 2.75) is 30.5 Å². The number of ether oxygens (including phenoxy) is 1. The van der Waals surface area contributed by atoms with E-state index >= 15 is 0 Å². The van der Waals surface area contributed by atoms with E-state index in [2.05, 4.69) is 0 Å². The van der Waals surface area contributed by atoms with Crippen molar-refractivity contribution >= 4 is 16.0 Å². The van der Waals surface area contributed by atoms with Gasteiger partial charge >= 0.3 is 12.1 Å². The minimum atomic E-state index is -4.99. The molecule has 0 aromatic heterocycles. The van der Waals surface area contributed by atoms with Crippen LogP contribution in [0.3, 0.4) is 0 Å². The lowest BCUT2D eigenvalue weighted by molar-refractivity contribution is -0.138. The zero-order valence-corrected chi connectivity index (χ0v) is 13.7. The van der Waals surface area contributed by atoms with Gasteiger partial charge in [-0.1, -0.05) is 0 Å². The lowest BCUT2D eigenvalue weighted by atomic mass is 10.1. The highest BCUT2D eigenvalue weighted by atomic mass is 32.2. The van der Waals surface area contributed by atoms with Crippen molar-refractivity contribution in [1.82, 2.24) is 4.31 Å². The molecule has 0 atom stereocenters. The van der Waals surface area contributed by atoms with Crippen LogP contribution in [-0.2, 0) is 20.9 Å². The van der Waals surface area contributed by atoms with Gasteiger partial charge in [-0.15, -0.1) is 0 Å². The molecule has 2 rings (SSSR count). The van der Waals surface area contributed by atoms with Gasteiger partial charge in [0.2, 0.25) is 10.0 Å². The second-order valence-electron chi connectivity index (χ2n) is 5.95. The molecule has 6 nitrogen and oxygen atoms in total. The zero-order valence-electron chi connectivity index (χ0n) is 12.9. The van der Waals surface area contributed by atoms with Gasteiger partial charge in [0.15, 0.2) is 0 Å². The summed E-state index contributed by atoms with van der Waals surface area (Å²) in [5.41, 5.74) is -3.43. The summed E-state index contributed by atoms with van der Waals surface area (Å²) in [6.45, 7) is 3.42. The molecule has 0 aliphatic carbocycles. The van der Waals surface area contributed by atoms with E-state index in [-0.39, 0.29) is 19.8 Å². The predicted octanol–water partition coefficient (Wildman–Crippen LogP) is 2.20. The summed E-state index contributed by atoms with van der Waals surface area (Å²) in [7, 11) is -4.23. The zero-order chi connectivity index (χ0) is 18.3. The third-order valence-electron chi connectivity index (χ3n) is 3.68. The van der Waals surface area contributed by atoms with E-state index in [1.54, 1.807) is 13.8 Å². The maximum atomic E-state index is 13.1. The molecule has 1 fully saturated rings. The van der Waals surface area contributed by atoms with Gasteiger partial charge in [0, 0.05) is 6.54 Å². The third-order valence-corrected chi connectivity index (χ3v) is 5.79. The Bertz CT molecular complexity index is 758. The maximum Gasteiger partial charge on any atom is 0.417 e. The molecule has 0 spiro atoms. The molecule has 1 heterocycles. The first-order valence-corrected chi connectivity index (χ1v) is 8.36. The molecular weight excluding hydrogens is 351 g/mol. The number of nitrogens with zero attached hydrogens (tertiary/aromatic N) is 1. The van der Waals surface area contributed by atoms with Crippen LogP contribution in [0.4, 0.5) is 13.2 Å². The largest absolute Gasteiger partial charge is 0.478 e. The van der Waals surface area contributed by atoms with Crippen molar-refractivity contribution in [3.8, 4) is 0 Å². The Morgan fingerprint density at radius 1 is 1.33 bits per heavy atom. The minimum absolute atomic E-state index is 0.00261. The number of halogens is 3. The topological polar surface area (TPSA) is 83.9 Å². The molecule has 134 valence electrons. The molecule has 1 aliphatic rings. The van der Waals surface area contributed by atoms with Gasteiger partial charge < -0.3 is 9.84 Å². The quantitative estimate of drug-likeness (QED) is 0.886. The molecule has 0 bridgehead atoms. The van der Waals surface area contributed by atoms with Gasteiger partial charge in [-0.2, -0.15) is 17.5 Å². The van der Waals surface area contributed by atoms with Gasteiger partial charge in [-0.3, -0.25) is 0 Å². The van der Waals surface area contributed by atoms with Crippen LogP contribution in [0.15, 0.2) is 23.1 Å². The predicted molar refractivity (Wildman–Crippen MR) is 77.2 cm³/mol. The highest BCUT2D eigenvalue weighted by molar-refractivity contribution is 7.89. The van der Waals surface area contributed by atoms with Crippen molar-refractivity contribution in [2.75, 3.05) is 19.8 Å². The van der Waals surface area contributed by atoms with Crippen LogP contribution in [0.2, 0.25) is 0 Å². The van der Waals surface area contributed by atoms with Crippen LogP contribution >= 0.6 is 0 Å².